The number of rotatable bonds is 5. The summed E-state index contributed by atoms with van der Waals surface area (Å²) in [4.78, 5) is 5.58. The molecule has 0 spiro atoms. The summed E-state index contributed by atoms with van der Waals surface area (Å²) in [5.74, 6) is -2.58. The molecule has 1 fully saturated rings. The second kappa shape index (κ2) is 6.86. The van der Waals surface area contributed by atoms with E-state index in [4.69, 9.17) is 16.4 Å². The summed E-state index contributed by atoms with van der Waals surface area (Å²) < 4.78 is 43.0. The third-order valence-electron chi connectivity index (χ3n) is 3.50. The maximum absolute atomic E-state index is 14.3. The monoisotopic (exact) mass is 453 g/mol. The fraction of sp³-hybridized carbons (Fsp3) is 0.250. The van der Waals surface area contributed by atoms with Crippen LogP contribution in [0.25, 0.3) is 0 Å². The smallest absolute Gasteiger partial charge is 0.186 e. The highest BCUT2D eigenvalue weighted by molar-refractivity contribution is 14.1. The zero-order valence-electron chi connectivity index (χ0n) is 11.8. The standard InChI is InChI=1S/C16H12ClF3INO/c17-11-4-6-14(16(20)15(11)19)22(23-8-9-1-2-9)13-5-3-10(21)7-12(13)18/h3-7,9H,1-2,8H2. The van der Waals surface area contributed by atoms with Crippen LogP contribution in [0.2, 0.25) is 5.02 Å². The van der Waals surface area contributed by atoms with Crippen molar-refractivity contribution < 1.29 is 18.0 Å². The fourth-order valence-electron chi connectivity index (χ4n) is 2.05. The van der Waals surface area contributed by atoms with Crippen LogP contribution in [0.1, 0.15) is 12.8 Å². The van der Waals surface area contributed by atoms with E-state index in [1.165, 1.54) is 24.3 Å². The van der Waals surface area contributed by atoms with Crippen molar-refractivity contribution in [3.63, 3.8) is 0 Å². The van der Waals surface area contributed by atoms with E-state index in [1.54, 1.807) is 6.07 Å². The van der Waals surface area contributed by atoms with Gasteiger partial charge in [-0.05, 0) is 71.7 Å². The lowest BCUT2D eigenvalue weighted by Crippen LogP contribution is -2.22. The first-order valence-electron chi connectivity index (χ1n) is 6.99. The quantitative estimate of drug-likeness (QED) is 0.320. The van der Waals surface area contributed by atoms with Crippen LogP contribution in [0.4, 0.5) is 24.5 Å². The highest BCUT2D eigenvalue weighted by atomic mass is 127. The summed E-state index contributed by atoms with van der Waals surface area (Å²) in [6, 6.07) is 6.92. The van der Waals surface area contributed by atoms with Crippen molar-refractivity contribution in [2.45, 2.75) is 12.8 Å². The van der Waals surface area contributed by atoms with E-state index >= 15 is 0 Å². The van der Waals surface area contributed by atoms with Crippen molar-refractivity contribution in [3.8, 4) is 0 Å². The zero-order chi connectivity index (χ0) is 16.6. The molecule has 1 aliphatic carbocycles. The van der Waals surface area contributed by atoms with Crippen molar-refractivity contribution >= 4 is 45.6 Å². The van der Waals surface area contributed by atoms with Gasteiger partial charge in [-0.3, -0.25) is 4.84 Å². The number of hydrogen-bond donors (Lipinski definition) is 0. The van der Waals surface area contributed by atoms with Gasteiger partial charge in [-0.1, -0.05) is 11.6 Å². The molecule has 0 heterocycles. The Balaban J connectivity index is 2.02. The molecule has 2 nitrogen and oxygen atoms in total. The second-order valence-corrected chi connectivity index (χ2v) is 6.98. The van der Waals surface area contributed by atoms with E-state index in [1.807, 2.05) is 22.6 Å². The minimum Gasteiger partial charge on any atom is -0.268 e. The average molecular weight is 454 g/mol. The Hall–Kier alpha value is -0.990. The molecule has 1 saturated carbocycles. The topological polar surface area (TPSA) is 12.5 Å². The van der Waals surface area contributed by atoms with Crippen LogP contribution in [0.5, 0.6) is 0 Å². The zero-order valence-corrected chi connectivity index (χ0v) is 14.7. The summed E-state index contributed by atoms with van der Waals surface area (Å²) >= 11 is 7.54. The molecule has 0 radical (unpaired) electrons. The van der Waals surface area contributed by atoms with Gasteiger partial charge >= 0.3 is 0 Å². The molecule has 0 atom stereocenters. The molecule has 0 bridgehead atoms. The lowest BCUT2D eigenvalue weighted by molar-refractivity contribution is 0.122. The molecule has 2 aromatic rings. The molecule has 0 aromatic heterocycles. The highest BCUT2D eigenvalue weighted by Gasteiger charge is 2.27. The van der Waals surface area contributed by atoms with Gasteiger partial charge in [-0.2, -0.15) is 0 Å². The number of anilines is 2. The van der Waals surface area contributed by atoms with E-state index in [0.29, 0.717) is 16.1 Å². The summed E-state index contributed by atoms with van der Waals surface area (Å²) in [6.07, 6.45) is 2.03. The molecule has 0 saturated heterocycles. The Kier molecular flexibility index (Phi) is 5.03. The molecule has 7 heteroatoms. The van der Waals surface area contributed by atoms with Crippen LogP contribution in [0, 0.1) is 26.9 Å². The van der Waals surface area contributed by atoms with Crippen LogP contribution >= 0.6 is 34.2 Å². The van der Waals surface area contributed by atoms with E-state index < -0.39 is 17.5 Å². The molecule has 0 amide bonds. The van der Waals surface area contributed by atoms with E-state index in [0.717, 1.165) is 17.9 Å². The lowest BCUT2D eigenvalue weighted by atomic mass is 10.2. The van der Waals surface area contributed by atoms with Gasteiger partial charge in [0.25, 0.3) is 0 Å². The van der Waals surface area contributed by atoms with Crippen molar-refractivity contribution in [2.75, 3.05) is 11.7 Å². The number of halogens is 5. The summed E-state index contributed by atoms with van der Waals surface area (Å²) in [6.45, 7) is 0.315. The van der Waals surface area contributed by atoms with E-state index in [2.05, 4.69) is 0 Å². The van der Waals surface area contributed by atoms with Gasteiger partial charge in [0.05, 0.1) is 11.6 Å². The van der Waals surface area contributed by atoms with Gasteiger partial charge in [0.2, 0.25) is 0 Å². The van der Waals surface area contributed by atoms with Crippen molar-refractivity contribution in [3.05, 3.63) is 56.4 Å². The maximum Gasteiger partial charge on any atom is 0.186 e. The van der Waals surface area contributed by atoms with Crippen molar-refractivity contribution in [1.82, 2.24) is 0 Å². The third-order valence-corrected chi connectivity index (χ3v) is 4.46. The summed E-state index contributed by atoms with van der Waals surface area (Å²) in [5.41, 5.74) is -0.195. The Morgan fingerprint density at radius 3 is 2.43 bits per heavy atom. The predicted molar refractivity (Wildman–Crippen MR) is 91.3 cm³/mol. The van der Waals surface area contributed by atoms with Gasteiger partial charge in [-0.25, -0.2) is 18.2 Å². The Morgan fingerprint density at radius 2 is 1.78 bits per heavy atom. The average Bonchev–Trinajstić information content (AvgIpc) is 3.32. The number of hydrogen-bond acceptors (Lipinski definition) is 2. The van der Waals surface area contributed by atoms with E-state index in [-0.39, 0.29) is 16.4 Å². The molecule has 0 aliphatic heterocycles. The lowest BCUT2D eigenvalue weighted by Gasteiger charge is -2.25. The summed E-state index contributed by atoms with van der Waals surface area (Å²) in [5, 5.41) is 0.662. The van der Waals surface area contributed by atoms with Gasteiger partial charge in [-0.15, -0.1) is 0 Å². The molecular weight excluding hydrogens is 442 g/mol. The molecule has 0 N–H and O–H groups in total. The number of benzene rings is 2. The van der Waals surface area contributed by atoms with Crippen LogP contribution in [0.15, 0.2) is 30.3 Å². The third kappa shape index (κ3) is 3.75. The molecule has 122 valence electrons. The minimum atomic E-state index is -1.19. The first-order chi connectivity index (χ1) is 11.0. The molecule has 3 rings (SSSR count). The second-order valence-electron chi connectivity index (χ2n) is 5.32. The minimum absolute atomic E-state index is 0.0201. The first kappa shape index (κ1) is 16.9. The molecule has 1 aliphatic rings. The Labute approximate surface area is 150 Å². The van der Waals surface area contributed by atoms with Gasteiger partial charge in [0.15, 0.2) is 11.6 Å². The number of nitrogens with zero attached hydrogens (tertiary/aromatic N) is 1. The van der Waals surface area contributed by atoms with Crippen molar-refractivity contribution in [1.29, 1.82) is 0 Å². The van der Waals surface area contributed by atoms with E-state index in [9.17, 15) is 13.2 Å². The molecule has 23 heavy (non-hydrogen) atoms. The predicted octanol–water partition coefficient (Wildman–Crippen LogP) is 5.84. The van der Waals surface area contributed by atoms with Crippen LogP contribution < -0.4 is 5.06 Å². The van der Waals surface area contributed by atoms with Gasteiger partial charge in [0.1, 0.15) is 17.2 Å². The van der Waals surface area contributed by atoms with Crippen molar-refractivity contribution in [2.24, 2.45) is 5.92 Å². The van der Waals surface area contributed by atoms with Gasteiger partial charge < -0.3 is 0 Å². The van der Waals surface area contributed by atoms with Crippen LogP contribution in [-0.4, -0.2) is 6.61 Å². The Morgan fingerprint density at radius 1 is 1.09 bits per heavy atom. The van der Waals surface area contributed by atoms with Crippen LogP contribution in [-0.2, 0) is 4.84 Å². The summed E-state index contributed by atoms with van der Waals surface area (Å²) in [7, 11) is 0. The SMILES string of the molecule is Fc1cc(I)ccc1N(OCC1CC1)c1ccc(Cl)c(F)c1F. The molecular formula is C16H12ClF3INO. The van der Waals surface area contributed by atoms with Gasteiger partial charge in [0, 0.05) is 3.57 Å². The normalized spacial score (nSPS) is 14.1. The fourth-order valence-corrected chi connectivity index (χ4v) is 2.65. The Bertz CT molecular complexity index is 740. The first-order valence-corrected chi connectivity index (χ1v) is 8.44. The van der Waals surface area contributed by atoms with Crippen LogP contribution in [0.3, 0.4) is 0 Å². The highest BCUT2D eigenvalue weighted by Crippen LogP contribution is 2.36. The molecule has 2 aromatic carbocycles. The largest absolute Gasteiger partial charge is 0.268 e. The molecule has 0 unspecified atom stereocenters. The maximum atomic E-state index is 14.3.